The fourth-order valence-electron chi connectivity index (χ4n) is 3.01. The Morgan fingerprint density at radius 3 is 2.38 bits per heavy atom. The number of halogens is 3. The number of ether oxygens (including phenoxy) is 1. The first-order valence-corrected chi connectivity index (χ1v) is 9.34. The highest BCUT2D eigenvalue weighted by atomic mass is 35.5. The Labute approximate surface area is 158 Å². The van der Waals surface area contributed by atoms with Crippen molar-refractivity contribution in [2.24, 2.45) is 0 Å². The molecule has 3 rings (SSSR count). The van der Waals surface area contributed by atoms with Crippen molar-refractivity contribution in [2.45, 2.75) is 44.9 Å². The summed E-state index contributed by atoms with van der Waals surface area (Å²) in [6.07, 6.45) is 5.12. The smallest absolute Gasteiger partial charge is 0.124 e. The van der Waals surface area contributed by atoms with Gasteiger partial charge in [0.25, 0.3) is 0 Å². The van der Waals surface area contributed by atoms with Crippen molar-refractivity contribution in [3.63, 3.8) is 0 Å². The number of rotatable bonds is 6. The molecule has 24 heavy (non-hydrogen) atoms. The summed E-state index contributed by atoms with van der Waals surface area (Å²) in [5.41, 5.74) is 1.98. The van der Waals surface area contributed by atoms with Gasteiger partial charge in [-0.2, -0.15) is 0 Å². The predicted molar refractivity (Wildman–Crippen MR) is 101 cm³/mol. The fraction of sp³-hybridized carbons (Fsp3) is 0.368. The molecule has 5 heteroatoms. The van der Waals surface area contributed by atoms with Gasteiger partial charge in [-0.1, -0.05) is 53.7 Å². The molecule has 0 spiro atoms. The Hall–Kier alpha value is -0.930. The number of hydrogen-bond acceptors (Lipinski definition) is 2. The second-order valence-corrected chi connectivity index (χ2v) is 7.42. The molecule has 0 aliphatic heterocycles. The van der Waals surface area contributed by atoms with Crippen molar-refractivity contribution < 1.29 is 4.74 Å². The molecule has 0 aromatic heterocycles. The summed E-state index contributed by atoms with van der Waals surface area (Å²) in [4.78, 5) is 0. The second-order valence-electron chi connectivity index (χ2n) is 6.14. The second kappa shape index (κ2) is 8.44. The van der Waals surface area contributed by atoms with Gasteiger partial charge >= 0.3 is 0 Å². The molecule has 128 valence electrons. The Morgan fingerprint density at radius 2 is 1.62 bits per heavy atom. The van der Waals surface area contributed by atoms with E-state index in [0.29, 0.717) is 22.7 Å². The number of benzene rings is 2. The van der Waals surface area contributed by atoms with Crippen LogP contribution in [-0.2, 0) is 13.2 Å². The molecule has 1 aliphatic rings. The summed E-state index contributed by atoms with van der Waals surface area (Å²) in [7, 11) is 0. The molecule has 0 radical (unpaired) electrons. The summed E-state index contributed by atoms with van der Waals surface area (Å²) in [5, 5.41) is 5.55. The van der Waals surface area contributed by atoms with Gasteiger partial charge in [0.15, 0.2) is 0 Å². The molecule has 2 aromatic carbocycles. The van der Waals surface area contributed by atoms with Crippen LogP contribution in [0.15, 0.2) is 36.4 Å². The minimum Gasteiger partial charge on any atom is -0.489 e. The molecule has 1 fully saturated rings. The van der Waals surface area contributed by atoms with Crippen LogP contribution in [0.1, 0.15) is 36.8 Å². The van der Waals surface area contributed by atoms with Crippen molar-refractivity contribution in [3.05, 3.63) is 62.6 Å². The van der Waals surface area contributed by atoms with Crippen LogP contribution >= 0.6 is 34.8 Å². The summed E-state index contributed by atoms with van der Waals surface area (Å²) in [5.74, 6) is 0.830. The Balaban J connectivity index is 1.67. The van der Waals surface area contributed by atoms with Crippen molar-refractivity contribution in [3.8, 4) is 5.75 Å². The lowest BCUT2D eigenvalue weighted by Crippen LogP contribution is -2.25. The van der Waals surface area contributed by atoms with Gasteiger partial charge in [-0.25, -0.2) is 0 Å². The standard InChI is InChI=1S/C19H20Cl3NO/c20-15-7-8-19(14(9-15)11-23-17-3-1-2-4-17)24-12-13-5-6-16(21)10-18(13)22/h5-10,17,23H,1-4,11-12H2. The molecule has 0 amide bonds. The SMILES string of the molecule is Clc1ccc(COc2ccc(Cl)cc2CNC2CCCC2)c(Cl)c1. The maximum atomic E-state index is 6.21. The molecule has 0 heterocycles. The predicted octanol–water partition coefficient (Wildman–Crippen LogP) is 6.26. The van der Waals surface area contributed by atoms with E-state index >= 15 is 0 Å². The molecule has 0 bridgehead atoms. The fourth-order valence-corrected chi connectivity index (χ4v) is 3.66. The lowest BCUT2D eigenvalue weighted by atomic mass is 10.1. The normalized spacial score (nSPS) is 15.0. The van der Waals surface area contributed by atoms with Gasteiger partial charge in [-0.05, 0) is 43.2 Å². The molecule has 0 saturated heterocycles. The third-order valence-electron chi connectivity index (χ3n) is 4.36. The van der Waals surface area contributed by atoms with E-state index in [1.54, 1.807) is 6.07 Å². The molecule has 1 aliphatic carbocycles. The van der Waals surface area contributed by atoms with Crippen LogP contribution in [0.25, 0.3) is 0 Å². The van der Waals surface area contributed by atoms with Crippen LogP contribution in [0.4, 0.5) is 0 Å². The molecule has 2 nitrogen and oxygen atoms in total. The molecular weight excluding hydrogens is 365 g/mol. The monoisotopic (exact) mass is 383 g/mol. The summed E-state index contributed by atoms with van der Waals surface area (Å²) < 4.78 is 5.99. The van der Waals surface area contributed by atoms with Gasteiger partial charge in [-0.15, -0.1) is 0 Å². The highest BCUT2D eigenvalue weighted by Crippen LogP contribution is 2.27. The van der Waals surface area contributed by atoms with Gasteiger partial charge in [0, 0.05) is 38.8 Å². The summed E-state index contributed by atoms with van der Waals surface area (Å²) in [6, 6.07) is 11.8. The van der Waals surface area contributed by atoms with E-state index in [1.165, 1.54) is 25.7 Å². The first-order chi connectivity index (χ1) is 11.6. The Morgan fingerprint density at radius 1 is 0.917 bits per heavy atom. The van der Waals surface area contributed by atoms with E-state index in [2.05, 4.69) is 5.32 Å². The van der Waals surface area contributed by atoms with E-state index in [9.17, 15) is 0 Å². The third kappa shape index (κ3) is 4.80. The van der Waals surface area contributed by atoms with Gasteiger partial charge in [0.2, 0.25) is 0 Å². The van der Waals surface area contributed by atoms with Crippen LogP contribution in [-0.4, -0.2) is 6.04 Å². The average Bonchev–Trinajstić information content (AvgIpc) is 3.07. The van der Waals surface area contributed by atoms with Crippen LogP contribution in [0, 0.1) is 0 Å². The largest absolute Gasteiger partial charge is 0.489 e. The van der Waals surface area contributed by atoms with Crippen LogP contribution in [0.3, 0.4) is 0 Å². The molecular formula is C19H20Cl3NO. The van der Waals surface area contributed by atoms with Gasteiger partial charge < -0.3 is 10.1 Å². The third-order valence-corrected chi connectivity index (χ3v) is 5.18. The first-order valence-electron chi connectivity index (χ1n) is 8.20. The summed E-state index contributed by atoms with van der Waals surface area (Å²) in [6.45, 7) is 1.16. The highest BCUT2D eigenvalue weighted by Gasteiger charge is 2.15. The Bertz CT molecular complexity index is 699. The van der Waals surface area contributed by atoms with E-state index in [4.69, 9.17) is 39.5 Å². The van der Waals surface area contributed by atoms with E-state index < -0.39 is 0 Å². The maximum absolute atomic E-state index is 6.21. The van der Waals surface area contributed by atoms with Gasteiger partial charge in [0.05, 0.1) is 0 Å². The van der Waals surface area contributed by atoms with E-state index in [-0.39, 0.29) is 0 Å². The lowest BCUT2D eigenvalue weighted by molar-refractivity contribution is 0.301. The average molecular weight is 385 g/mol. The van der Waals surface area contributed by atoms with E-state index in [1.807, 2.05) is 30.3 Å². The quantitative estimate of drug-likeness (QED) is 0.635. The zero-order chi connectivity index (χ0) is 16.9. The first kappa shape index (κ1) is 17.9. The topological polar surface area (TPSA) is 21.3 Å². The zero-order valence-electron chi connectivity index (χ0n) is 13.3. The van der Waals surface area contributed by atoms with Gasteiger partial charge in [0.1, 0.15) is 12.4 Å². The summed E-state index contributed by atoms with van der Waals surface area (Å²) >= 11 is 18.3. The van der Waals surface area contributed by atoms with Crippen LogP contribution in [0.2, 0.25) is 15.1 Å². The minimum atomic E-state index is 0.397. The Kier molecular flexibility index (Phi) is 6.29. The zero-order valence-corrected chi connectivity index (χ0v) is 15.6. The van der Waals surface area contributed by atoms with E-state index in [0.717, 1.165) is 28.4 Å². The number of nitrogens with one attached hydrogen (secondary N) is 1. The van der Waals surface area contributed by atoms with Crippen LogP contribution < -0.4 is 10.1 Å². The molecule has 1 N–H and O–H groups in total. The van der Waals surface area contributed by atoms with Crippen molar-refractivity contribution in [1.29, 1.82) is 0 Å². The van der Waals surface area contributed by atoms with Crippen molar-refractivity contribution >= 4 is 34.8 Å². The molecule has 2 aromatic rings. The maximum Gasteiger partial charge on any atom is 0.124 e. The highest BCUT2D eigenvalue weighted by molar-refractivity contribution is 6.35. The molecule has 1 saturated carbocycles. The van der Waals surface area contributed by atoms with Gasteiger partial charge in [-0.3, -0.25) is 0 Å². The van der Waals surface area contributed by atoms with Crippen molar-refractivity contribution in [1.82, 2.24) is 5.32 Å². The van der Waals surface area contributed by atoms with Crippen LogP contribution in [0.5, 0.6) is 5.75 Å². The molecule has 0 unspecified atom stereocenters. The molecule has 0 atom stereocenters. The minimum absolute atomic E-state index is 0.397. The van der Waals surface area contributed by atoms with Crippen molar-refractivity contribution in [2.75, 3.05) is 0 Å². The lowest BCUT2D eigenvalue weighted by Gasteiger charge is -2.16. The number of hydrogen-bond donors (Lipinski definition) is 1.